The van der Waals surface area contributed by atoms with Crippen LogP contribution in [0.3, 0.4) is 0 Å². The molecule has 2 rings (SSSR count). The topological polar surface area (TPSA) is 38.3 Å². The minimum absolute atomic E-state index is 0.186. The van der Waals surface area contributed by atoms with Crippen LogP contribution in [0.2, 0.25) is 0 Å². The molecule has 0 bridgehead atoms. The standard InChI is InChI=1S/C12H13NO2/c1-2-12(14)13-11-5-3-4-9-6-7-15-8-10(9)11/h2-5H,1,6-8H2,(H,13,14). The van der Waals surface area contributed by atoms with Gasteiger partial charge in [0, 0.05) is 11.3 Å². The molecule has 0 radical (unpaired) electrons. The number of carbonyl (C=O) groups excluding carboxylic acids is 1. The zero-order chi connectivity index (χ0) is 10.7. The van der Waals surface area contributed by atoms with Gasteiger partial charge in [-0.2, -0.15) is 0 Å². The van der Waals surface area contributed by atoms with E-state index in [1.807, 2.05) is 12.1 Å². The summed E-state index contributed by atoms with van der Waals surface area (Å²) in [5.41, 5.74) is 3.17. The third kappa shape index (κ3) is 2.07. The predicted molar refractivity (Wildman–Crippen MR) is 58.6 cm³/mol. The summed E-state index contributed by atoms with van der Waals surface area (Å²) in [6, 6.07) is 5.90. The average Bonchev–Trinajstić information content (AvgIpc) is 2.29. The molecule has 1 heterocycles. The first-order chi connectivity index (χ1) is 7.31. The Hall–Kier alpha value is -1.61. The van der Waals surface area contributed by atoms with Crippen molar-refractivity contribution in [3.05, 3.63) is 42.0 Å². The molecular formula is C12H13NO2. The van der Waals surface area contributed by atoms with Gasteiger partial charge in [0.2, 0.25) is 5.91 Å². The fourth-order valence-corrected chi connectivity index (χ4v) is 1.70. The van der Waals surface area contributed by atoms with Crippen molar-refractivity contribution in [1.82, 2.24) is 0 Å². The van der Waals surface area contributed by atoms with Crippen LogP contribution in [0, 0.1) is 0 Å². The van der Waals surface area contributed by atoms with Crippen molar-refractivity contribution in [3.8, 4) is 0 Å². The van der Waals surface area contributed by atoms with E-state index in [-0.39, 0.29) is 5.91 Å². The molecule has 1 aliphatic heterocycles. The van der Waals surface area contributed by atoms with Gasteiger partial charge in [-0.15, -0.1) is 0 Å². The number of hydrogen-bond donors (Lipinski definition) is 1. The molecule has 1 aromatic carbocycles. The second kappa shape index (κ2) is 4.28. The van der Waals surface area contributed by atoms with Crippen LogP contribution >= 0.6 is 0 Å². The maximum Gasteiger partial charge on any atom is 0.247 e. The zero-order valence-corrected chi connectivity index (χ0v) is 8.45. The number of amides is 1. The Bertz CT molecular complexity index is 399. The fraction of sp³-hybridized carbons (Fsp3) is 0.250. The monoisotopic (exact) mass is 203 g/mol. The fourth-order valence-electron chi connectivity index (χ4n) is 1.70. The SMILES string of the molecule is C=CC(=O)Nc1cccc2c1COCC2. The van der Waals surface area contributed by atoms with E-state index in [1.54, 1.807) is 0 Å². The molecule has 78 valence electrons. The third-order valence-electron chi connectivity index (χ3n) is 2.48. The first-order valence-electron chi connectivity index (χ1n) is 4.93. The van der Waals surface area contributed by atoms with E-state index >= 15 is 0 Å². The summed E-state index contributed by atoms with van der Waals surface area (Å²) in [4.78, 5) is 11.2. The summed E-state index contributed by atoms with van der Waals surface area (Å²) in [7, 11) is 0. The summed E-state index contributed by atoms with van der Waals surface area (Å²) in [5, 5.41) is 2.78. The molecule has 3 nitrogen and oxygen atoms in total. The van der Waals surface area contributed by atoms with Crippen molar-refractivity contribution in [1.29, 1.82) is 0 Å². The van der Waals surface area contributed by atoms with Crippen LogP contribution in [-0.2, 0) is 22.6 Å². The molecule has 0 unspecified atom stereocenters. The highest BCUT2D eigenvalue weighted by Crippen LogP contribution is 2.24. The Balaban J connectivity index is 2.30. The van der Waals surface area contributed by atoms with Crippen LogP contribution in [0.1, 0.15) is 11.1 Å². The molecule has 0 saturated carbocycles. The number of hydrogen-bond acceptors (Lipinski definition) is 2. The minimum Gasteiger partial charge on any atom is -0.376 e. The summed E-state index contributed by atoms with van der Waals surface area (Å²) in [6.45, 7) is 4.75. The molecule has 0 saturated heterocycles. The highest BCUT2D eigenvalue weighted by Gasteiger charge is 2.13. The van der Waals surface area contributed by atoms with Crippen molar-refractivity contribution in [2.24, 2.45) is 0 Å². The molecule has 15 heavy (non-hydrogen) atoms. The van der Waals surface area contributed by atoms with Crippen molar-refractivity contribution < 1.29 is 9.53 Å². The van der Waals surface area contributed by atoms with Crippen LogP contribution in [-0.4, -0.2) is 12.5 Å². The lowest BCUT2D eigenvalue weighted by Crippen LogP contribution is -2.15. The van der Waals surface area contributed by atoms with Crippen LogP contribution in [0.25, 0.3) is 0 Å². The van der Waals surface area contributed by atoms with Gasteiger partial charge in [0.05, 0.1) is 13.2 Å². The molecule has 1 aliphatic rings. The molecule has 0 atom stereocenters. The van der Waals surface area contributed by atoms with Gasteiger partial charge in [-0.25, -0.2) is 0 Å². The summed E-state index contributed by atoms with van der Waals surface area (Å²) in [6.07, 6.45) is 2.18. The van der Waals surface area contributed by atoms with E-state index in [9.17, 15) is 4.79 Å². The second-order valence-corrected chi connectivity index (χ2v) is 3.44. The molecule has 1 aromatic rings. The molecule has 0 spiro atoms. The van der Waals surface area contributed by atoms with Gasteiger partial charge in [-0.05, 0) is 24.1 Å². The largest absolute Gasteiger partial charge is 0.376 e. The lowest BCUT2D eigenvalue weighted by molar-refractivity contribution is -0.111. The number of benzene rings is 1. The van der Waals surface area contributed by atoms with Crippen LogP contribution in [0.15, 0.2) is 30.9 Å². The van der Waals surface area contributed by atoms with E-state index in [1.165, 1.54) is 11.6 Å². The number of nitrogens with one attached hydrogen (secondary N) is 1. The van der Waals surface area contributed by atoms with Gasteiger partial charge < -0.3 is 10.1 Å². The van der Waals surface area contributed by atoms with Crippen molar-refractivity contribution in [2.75, 3.05) is 11.9 Å². The van der Waals surface area contributed by atoms with Crippen molar-refractivity contribution in [2.45, 2.75) is 13.0 Å². The maximum absolute atomic E-state index is 11.2. The van der Waals surface area contributed by atoms with Gasteiger partial charge >= 0.3 is 0 Å². The van der Waals surface area contributed by atoms with E-state index < -0.39 is 0 Å². The number of rotatable bonds is 2. The summed E-state index contributed by atoms with van der Waals surface area (Å²) < 4.78 is 5.37. The van der Waals surface area contributed by atoms with Crippen LogP contribution in [0.4, 0.5) is 5.69 Å². The Kier molecular flexibility index (Phi) is 2.83. The summed E-state index contributed by atoms with van der Waals surface area (Å²) in [5.74, 6) is -0.186. The Morgan fingerprint density at radius 3 is 3.20 bits per heavy atom. The number of carbonyl (C=O) groups is 1. The zero-order valence-electron chi connectivity index (χ0n) is 8.45. The summed E-state index contributed by atoms with van der Waals surface area (Å²) >= 11 is 0. The quantitative estimate of drug-likeness (QED) is 0.745. The van der Waals surface area contributed by atoms with E-state index in [4.69, 9.17) is 4.74 Å². The van der Waals surface area contributed by atoms with Gasteiger partial charge in [-0.1, -0.05) is 18.7 Å². The lowest BCUT2D eigenvalue weighted by Gasteiger charge is -2.19. The molecule has 0 aliphatic carbocycles. The van der Waals surface area contributed by atoms with Crippen molar-refractivity contribution in [3.63, 3.8) is 0 Å². The molecular weight excluding hydrogens is 190 g/mol. The first-order valence-corrected chi connectivity index (χ1v) is 4.93. The number of ether oxygens (including phenoxy) is 1. The maximum atomic E-state index is 11.2. The number of anilines is 1. The molecule has 0 aromatic heterocycles. The third-order valence-corrected chi connectivity index (χ3v) is 2.48. The highest BCUT2D eigenvalue weighted by molar-refractivity contribution is 5.99. The second-order valence-electron chi connectivity index (χ2n) is 3.44. The normalized spacial score (nSPS) is 14.1. The van der Waals surface area contributed by atoms with Crippen LogP contribution < -0.4 is 5.32 Å². The average molecular weight is 203 g/mol. The highest BCUT2D eigenvalue weighted by atomic mass is 16.5. The van der Waals surface area contributed by atoms with Crippen LogP contribution in [0.5, 0.6) is 0 Å². The van der Waals surface area contributed by atoms with E-state index in [0.717, 1.165) is 24.3 Å². The van der Waals surface area contributed by atoms with Gasteiger partial charge in [0.15, 0.2) is 0 Å². The molecule has 1 N–H and O–H groups in total. The lowest BCUT2D eigenvalue weighted by atomic mass is 10.0. The Morgan fingerprint density at radius 1 is 1.53 bits per heavy atom. The molecule has 3 heteroatoms. The first kappa shape index (κ1) is 9.93. The molecule has 1 amide bonds. The molecule has 0 fully saturated rings. The van der Waals surface area contributed by atoms with Gasteiger partial charge in [-0.3, -0.25) is 4.79 Å². The Morgan fingerprint density at radius 2 is 2.40 bits per heavy atom. The minimum atomic E-state index is -0.186. The van der Waals surface area contributed by atoms with Gasteiger partial charge in [0.1, 0.15) is 0 Å². The Labute approximate surface area is 88.8 Å². The predicted octanol–water partition coefficient (Wildman–Crippen LogP) is 1.88. The smallest absolute Gasteiger partial charge is 0.247 e. The number of fused-ring (bicyclic) bond motifs is 1. The van der Waals surface area contributed by atoms with E-state index in [0.29, 0.717) is 6.61 Å². The van der Waals surface area contributed by atoms with E-state index in [2.05, 4.69) is 18.0 Å². The van der Waals surface area contributed by atoms with Crippen molar-refractivity contribution >= 4 is 11.6 Å². The van der Waals surface area contributed by atoms with Gasteiger partial charge in [0.25, 0.3) is 0 Å².